The Kier molecular flexibility index (Phi) is 6.66. The summed E-state index contributed by atoms with van der Waals surface area (Å²) in [5.41, 5.74) is 0.356. The van der Waals surface area contributed by atoms with Crippen LogP contribution in [0.4, 0.5) is 18.7 Å². The van der Waals surface area contributed by atoms with Crippen LogP contribution in [0.15, 0.2) is 28.6 Å². The first kappa shape index (κ1) is 22.5. The number of benzene rings is 1. The first-order valence-corrected chi connectivity index (χ1v) is 11.1. The summed E-state index contributed by atoms with van der Waals surface area (Å²) in [6, 6.07) is 3.75. The number of aromatic nitrogens is 1. The molecule has 1 aromatic heterocycles. The lowest BCUT2D eigenvalue weighted by atomic mass is 9.96. The number of thiazole rings is 1. The van der Waals surface area contributed by atoms with Crippen molar-refractivity contribution in [3.63, 3.8) is 0 Å². The summed E-state index contributed by atoms with van der Waals surface area (Å²) in [5, 5.41) is 12.3. The number of halogens is 2. The van der Waals surface area contributed by atoms with E-state index in [2.05, 4.69) is 10.3 Å². The maximum atomic E-state index is 14.1. The number of carbonyl (C=O) groups is 2. The van der Waals surface area contributed by atoms with E-state index in [1.165, 1.54) is 23.6 Å². The van der Waals surface area contributed by atoms with E-state index >= 15 is 0 Å². The van der Waals surface area contributed by atoms with E-state index in [0.29, 0.717) is 34.2 Å². The molecule has 1 heterocycles. The maximum Gasteiger partial charge on any atom is 0.323 e. The summed E-state index contributed by atoms with van der Waals surface area (Å²) < 4.78 is 27.3. The largest absolute Gasteiger partial charge is 0.480 e. The van der Waals surface area contributed by atoms with Crippen LogP contribution < -0.4 is 5.32 Å². The zero-order valence-corrected chi connectivity index (χ0v) is 18.4. The third kappa shape index (κ3) is 4.92. The van der Waals surface area contributed by atoms with Crippen molar-refractivity contribution in [2.45, 2.75) is 54.0 Å². The summed E-state index contributed by atoms with van der Waals surface area (Å²) in [5.74, 6) is -2.74. The quantitative estimate of drug-likeness (QED) is 0.587. The van der Waals surface area contributed by atoms with Gasteiger partial charge in [0.05, 0.1) is 10.4 Å². The van der Waals surface area contributed by atoms with Gasteiger partial charge in [-0.15, -0.1) is 0 Å². The zero-order chi connectivity index (χ0) is 22.1. The molecule has 30 heavy (non-hydrogen) atoms. The lowest BCUT2D eigenvalue weighted by Gasteiger charge is -2.24. The average Bonchev–Trinajstić information content (AvgIpc) is 3.32. The second-order valence-corrected chi connectivity index (χ2v) is 10.7. The van der Waals surface area contributed by atoms with Gasteiger partial charge in [-0.05, 0) is 50.7 Å². The van der Waals surface area contributed by atoms with Crippen molar-refractivity contribution < 1.29 is 23.5 Å². The minimum absolute atomic E-state index is 0.0996. The smallest absolute Gasteiger partial charge is 0.323 e. The number of carbonyl (C=O) groups excluding carboxylic acids is 1. The maximum absolute atomic E-state index is 14.1. The molecule has 3 rings (SSSR count). The predicted molar refractivity (Wildman–Crippen MR) is 113 cm³/mol. The molecule has 10 heteroatoms. The summed E-state index contributed by atoms with van der Waals surface area (Å²) in [6.07, 6.45) is 3.45. The van der Waals surface area contributed by atoms with Crippen molar-refractivity contribution in [2.24, 2.45) is 0 Å². The van der Waals surface area contributed by atoms with Crippen LogP contribution in [0.1, 0.15) is 44.6 Å². The highest BCUT2D eigenvalue weighted by Crippen LogP contribution is 2.39. The number of amides is 2. The van der Waals surface area contributed by atoms with Crippen molar-refractivity contribution in [3.8, 4) is 0 Å². The number of hydrogen-bond acceptors (Lipinski definition) is 5. The monoisotopic (exact) mass is 455 g/mol. The number of aliphatic carboxylic acids is 1. The van der Waals surface area contributed by atoms with Gasteiger partial charge in [0.25, 0.3) is 0 Å². The first-order valence-electron chi connectivity index (χ1n) is 9.44. The topological polar surface area (TPSA) is 82.5 Å². The van der Waals surface area contributed by atoms with E-state index in [4.69, 9.17) is 0 Å². The number of nitrogens with zero attached hydrogens (tertiary/aromatic N) is 2. The van der Waals surface area contributed by atoms with Gasteiger partial charge in [0.15, 0.2) is 16.8 Å². The minimum atomic E-state index is -1.00. The van der Waals surface area contributed by atoms with Gasteiger partial charge in [-0.25, -0.2) is 18.6 Å². The number of hydrogen-bond donors (Lipinski definition) is 2. The van der Waals surface area contributed by atoms with Crippen molar-refractivity contribution in [1.82, 2.24) is 9.88 Å². The number of carboxylic acid groups (broad SMARTS) is 1. The van der Waals surface area contributed by atoms with E-state index in [1.54, 1.807) is 31.9 Å². The second-order valence-electron chi connectivity index (χ2n) is 7.75. The molecule has 0 radical (unpaired) electrons. The molecule has 0 saturated heterocycles. The Morgan fingerprint density at radius 2 is 2.07 bits per heavy atom. The molecular formula is C20H23F2N3O3S2. The van der Waals surface area contributed by atoms with Crippen LogP contribution in [0.3, 0.4) is 0 Å². The highest BCUT2D eigenvalue weighted by molar-refractivity contribution is 8.03. The van der Waals surface area contributed by atoms with Crippen LogP contribution in [-0.4, -0.2) is 44.8 Å². The van der Waals surface area contributed by atoms with Crippen molar-refractivity contribution in [2.75, 3.05) is 12.4 Å². The second kappa shape index (κ2) is 8.89. The van der Waals surface area contributed by atoms with E-state index in [1.807, 2.05) is 0 Å². The highest BCUT2D eigenvalue weighted by atomic mass is 32.2. The SMILES string of the molecule is CN(C(=O)Nc1ncc(SC(C)(C)C(=O)O)s1)C1CCC(c2cccc(F)c2F)C1. The molecule has 0 aliphatic heterocycles. The van der Waals surface area contributed by atoms with Crippen LogP contribution in [0, 0.1) is 11.6 Å². The van der Waals surface area contributed by atoms with Gasteiger partial charge in [0.1, 0.15) is 4.75 Å². The van der Waals surface area contributed by atoms with E-state index in [-0.39, 0.29) is 18.0 Å². The van der Waals surface area contributed by atoms with Crippen LogP contribution in [0.5, 0.6) is 0 Å². The van der Waals surface area contributed by atoms with Crippen molar-refractivity contribution in [3.05, 3.63) is 41.6 Å². The van der Waals surface area contributed by atoms with E-state index < -0.39 is 22.4 Å². The molecular weight excluding hydrogens is 432 g/mol. The van der Waals surface area contributed by atoms with E-state index in [0.717, 1.165) is 17.8 Å². The number of nitrogens with one attached hydrogen (secondary N) is 1. The molecule has 2 amide bonds. The van der Waals surface area contributed by atoms with Gasteiger partial charge in [-0.1, -0.05) is 35.2 Å². The Labute approximate surface area is 181 Å². The van der Waals surface area contributed by atoms with Gasteiger partial charge in [0, 0.05) is 13.1 Å². The Balaban J connectivity index is 1.59. The van der Waals surface area contributed by atoms with Gasteiger partial charge >= 0.3 is 12.0 Å². The minimum Gasteiger partial charge on any atom is -0.480 e. The molecule has 1 aliphatic rings. The lowest BCUT2D eigenvalue weighted by molar-refractivity contribution is -0.138. The highest BCUT2D eigenvalue weighted by Gasteiger charge is 2.33. The lowest BCUT2D eigenvalue weighted by Crippen LogP contribution is -2.38. The molecule has 2 N–H and O–H groups in total. The normalized spacial score (nSPS) is 19.0. The average molecular weight is 456 g/mol. The number of thioether (sulfide) groups is 1. The van der Waals surface area contributed by atoms with Crippen LogP contribution in [0.2, 0.25) is 0 Å². The predicted octanol–water partition coefficient (Wildman–Crippen LogP) is 5.18. The Morgan fingerprint density at radius 1 is 1.33 bits per heavy atom. The Morgan fingerprint density at radius 3 is 2.77 bits per heavy atom. The molecule has 162 valence electrons. The van der Waals surface area contributed by atoms with Gasteiger partial charge in [0.2, 0.25) is 0 Å². The molecule has 1 aromatic carbocycles. The number of urea groups is 1. The van der Waals surface area contributed by atoms with Crippen molar-refractivity contribution >= 4 is 40.2 Å². The molecule has 2 atom stereocenters. The summed E-state index contributed by atoms with van der Waals surface area (Å²) >= 11 is 2.37. The number of rotatable bonds is 6. The Hall–Kier alpha value is -2.20. The summed E-state index contributed by atoms with van der Waals surface area (Å²) in [7, 11) is 1.67. The van der Waals surface area contributed by atoms with Crippen LogP contribution in [0.25, 0.3) is 0 Å². The molecule has 1 saturated carbocycles. The molecule has 2 aromatic rings. The molecule has 0 spiro atoms. The first-order chi connectivity index (χ1) is 14.1. The van der Waals surface area contributed by atoms with Crippen molar-refractivity contribution in [1.29, 1.82) is 0 Å². The van der Waals surface area contributed by atoms with Crippen LogP contribution >= 0.6 is 23.1 Å². The molecule has 0 bridgehead atoms. The summed E-state index contributed by atoms with van der Waals surface area (Å²) in [6.45, 7) is 3.20. The fraction of sp³-hybridized carbons (Fsp3) is 0.450. The van der Waals surface area contributed by atoms with Gasteiger partial charge in [-0.3, -0.25) is 10.1 Å². The van der Waals surface area contributed by atoms with E-state index in [9.17, 15) is 23.5 Å². The molecule has 2 unspecified atom stereocenters. The number of carboxylic acids is 1. The Bertz CT molecular complexity index is 951. The molecule has 1 aliphatic carbocycles. The van der Waals surface area contributed by atoms with Gasteiger partial charge < -0.3 is 10.0 Å². The van der Waals surface area contributed by atoms with Crippen LogP contribution in [-0.2, 0) is 4.79 Å². The summed E-state index contributed by atoms with van der Waals surface area (Å²) in [4.78, 5) is 29.6. The molecule has 6 nitrogen and oxygen atoms in total. The standard InChI is InChI=1S/C20H23F2N3O3S2/c1-20(2,17(26)27)30-15-10-23-18(29-15)24-19(28)25(3)12-8-7-11(9-12)13-5-4-6-14(21)16(13)22/h4-6,10-12H,7-9H2,1-3H3,(H,26,27)(H,23,24,28). The fourth-order valence-electron chi connectivity index (χ4n) is 3.43. The fourth-order valence-corrected chi connectivity index (χ4v) is 5.70. The third-order valence-electron chi connectivity index (χ3n) is 5.26. The number of anilines is 1. The third-order valence-corrected chi connectivity index (χ3v) is 7.46. The zero-order valence-electron chi connectivity index (χ0n) is 16.8. The van der Waals surface area contributed by atoms with Gasteiger partial charge in [-0.2, -0.15) is 0 Å². The molecule has 1 fully saturated rings.